The summed E-state index contributed by atoms with van der Waals surface area (Å²) in [7, 11) is 0. The maximum Gasteiger partial charge on any atom is 0.238 e. The highest BCUT2D eigenvalue weighted by Crippen LogP contribution is 2.19. The Morgan fingerprint density at radius 2 is 2.26 bits per heavy atom. The molecule has 2 amide bonds. The smallest absolute Gasteiger partial charge is 0.238 e. The number of carbonyl (C=O) groups excluding carboxylic acids is 2. The van der Waals surface area contributed by atoms with E-state index in [1.54, 1.807) is 19.9 Å². The Morgan fingerprint density at radius 1 is 1.48 bits per heavy atom. The van der Waals surface area contributed by atoms with Crippen molar-refractivity contribution < 1.29 is 14.1 Å². The van der Waals surface area contributed by atoms with Gasteiger partial charge < -0.3 is 14.7 Å². The standard InChI is InChI=1S/C16H25N3O3S/c1-11-5-4-7-19(8-6-11)15(20)10-23-13(3)16(21)17-14-9-12(2)22-18-14/h9,11,13H,4-8,10H2,1-3H3,(H,17,18,21)/t11-,13-/m1/s1. The molecular weight excluding hydrogens is 314 g/mol. The number of carbonyl (C=O) groups is 2. The number of amides is 2. The van der Waals surface area contributed by atoms with E-state index in [1.165, 1.54) is 18.2 Å². The van der Waals surface area contributed by atoms with E-state index in [4.69, 9.17) is 4.52 Å². The second kappa shape index (κ2) is 8.38. The van der Waals surface area contributed by atoms with Crippen LogP contribution in [0.25, 0.3) is 0 Å². The lowest BCUT2D eigenvalue weighted by molar-refractivity contribution is -0.128. The number of aromatic nitrogens is 1. The molecule has 128 valence electrons. The average Bonchev–Trinajstić information content (AvgIpc) is 2.79. The van der Waals surface area contributed by atoms with E-state index in [2.05, 4.69) is 17.4 Å². The molecule has 0 aromatic carbocycles. The van der Waals surface area contributed by atoms with Gasteiger partial charge in [0.05, 0.1) is 11.0 Å². The highest BCUT2D eigenvalue weighted by Gasteiger charge is 2.21. The van der Waals surface area contributed by atoms with Crippen molar-refractivity contribution in [2.24, 2.45) is 5.92 Å². The molecule has 23 heavy (non-hydrogen) atoms. The number of thioether (sulfide) groups is 1. The predicted molar refractivity (Wildman–Crippen MR) is 91.4 cm³/mol. The van der Waals surface area contributed by atoms with E-state index in [-0.39, 0.29) is 17.1 Å². The molecule has 2 atom stereocenters. The van der Waals surface area contributed by atoms with Crippen LogP contribution in [-0.4, -0.2) is 46.0 Å². The van der Waals surface area contributed by atoms with Gasteiger partial charge in [-0.25, -0.2) is 0 Å². The Hall–Kier alpha value is -1.50. The van der Waals surface area contributed by atoms with E-state index in [0.717, 1.165) is 25.9 Å². The van der Waals surface area contributed by atoms with Crippen LogP contribution in [-0.2, 0) is 9.59 Å². The number of likely N-dealkylation sites (tertiary alicyclic amines) is 1. The minimum absolute atomic E-state index is 0.126. The van der Waals surface area contributed by atoms with Crippen LogP contribution in [0.4, 0.5) is 5.82 Å². The molecule has 1 fully saturated rings. The van der Waals surface area contributed by atoms with Gasteiger partial charge in [0, 0.05) is 19.2 Å². The number of nitrogens with one attached hydrogen (secondary N) is 1. The summed E-state index contributed by atoms with van der Waals surface area (Å²) in [4.78, 5) is 26.3. The Bertz CT molecular complexity index is 546. The van der Waals surface area contributed by atoms with E-state index in [0.29, 0.717) is 23.2 Å². The highest BCUT2D eigenvalue weighted by atomic mass is 32.2. The third-order valence-electron chi connectivity index (χ3n) is 4.07. The number of anilines is 1. The van der Waals surface area contributed by atoms with Gasteiger partial charge in [0.2, 0.25) is 11.8 Å². The number of hydrogen-bond donors (Lipinski definition) is 1. The third kappa shape index (κ3) is 5.57. The van der Waals surface area contributed by atoms with Crippen molar-refractivity contribution in [3.63, 3.8) is 0 Å². The van der Waals surface area contributed by atoms with E-state index in [9.17, 15) is 9.59 Å². The number of rotatable bonds is 5. The Balaban J connectivity index is 1.75. The third-order valence-corrected chi connectivity index (χ3v) is 5.20. The maximum atomic E-state index is 12.3. The molecule has 0 saturated carbocycles. The van der Waals surface area contributed by atoms with Crippen molar-refractivity contribution in [2.75, 3.05) is 24.2 Å². The summed E-state index contributed by atoms with van der Waals surface area (Å²) in [5.74, 6) is 2.04. The van der Waals surface area contributed by atoms with Gasteiger partial charge in [-0.2, -0.15) is 0 Å². The van der Waals surface area contributed by atoms with Crippen molar-refractivity contribution in [1.82, 2.24) is 10.1 Å². The fraction of sp³-hybridized carbons (Fsp3) is 0.688. The first-order chi connectivity index (χ1) is 11.0. The molecule has 0 unspecified atom stereocenters. The summed E-state index contributed by atoms with van der Waals surface area (Å²) in [5, 5.41) is 6.11. The normalized spacial score (nSPS) is 20.0. The molecule has 6 nitrogen and oxygen atoms in total. The zero-order valence-electron chi connectivity index (χ0n) is 14.0. The van der Waals surface area contributed by atoms with Crippen molar-refractivity contribution >= 4 is 29.4 Å². The quantitative estimate of drug-likeness (QED) is 0.892. The molecule has 0 spiro atoms. The zero-order valence-corrected chi connectivity index (χ0v) is 14.8. The van der Waals surface area contributed by atoms with Crippen molar-refractivity contribution in [3.05, 3.63) is 11.8 Å². The van der Waals surface area contributed by atoms with Crippen LogP contribution in [0.1, 0.15) is 38.9 Å². The molecule has 7 heteroatoms. The first-order valence-corrected chi connectivity index (χ1v) is 9.14. The topological polar surface area (TPSA) is 75.4 Å². The molecule has 1 aromatic heterocycles. The van der Waals surface area contributed by atoms with Gasteiger partial charge in [0.1, 0.15) is 5.76 Å². The Morgan fingerprint density at radius 3 is 2.96 bits per heavy atom. The number of nitrogens with zero attached hydrogens (tertiary/aromatic N) is 2. The van der Waals surface area contributed by atoms with E-state index >= 15 is 0 Å². The van der Waals surface area contributed by atoms with Gasteiger partial charge in [-0.15, -0.1) is 11.8 Å². The first-order valence-electron chi connectivity index (χ1n) is 8.09. The molecule has 1 aromatic rings. The largest absolute Gasteiger partial charge is 0.360 e. The lowest BCUT2D eigenvalue weighted by atomic mass is 10.0. The minimum atomic E-state index is -0.318. The van der Waals surface area contributed by atoms with Crippen molar-refractivity contribution in [1.29, 1.82) is 0 Å². The molecule has 0 bridgehead atoms. The molecular formula is C16H25N3O3S. The molecule has 1 aliphatic rings. The summed E-state index contributed by atoms with van der Waals surface area (Å²) in [6.45, 7) is 7.47. The molecule has 1 N–H and O–H groups in total. The minimum Gasteiger partial charge on any atom is -0.360 e. The number of aryl methyl sites for hydroxylation is 1. The second-order valence-electron chi connectivity index (χ2n) is 6.18. The molecule has 1 saturated heterocycles. The van der Waals surface area contributed by atoms with E-state index < -0.39 is 0 Å². The highest BCUT2D eigenvalue weighted by molar-refractivity contribution is 8.01. The molecule has 2 rings (SSSR count). The van der Waals surface area contributed by atoms with Crippen LogP contribution in [0.15, 0.2) is 10.6 Å². The molecule has 0 aliphatic carbocycles. The monoisotopic (exact) mass is 339 g/mol. The Kier molecular flexibility index (Phi) is 6.50. The van der Waals surface area contributed by atoms with Crippen LogP contribution in [0.5, 0.6) is 0 Å². The summed E-state index contributed by atoms with van der Waals surface area (Å²) >= 11 is 1.36. The van der Waals surface area contributed by atoms with Crippen LogP contribution in [0, 0.1) is 12.8 Å². The summed E-state index contributed by atoms with van der Waals surface area (Å²) in [6.07, 6.45) is 3.32. The lowest BCUT2D eigenvalue weighted by Crippen LogP contribution is -2.34. The van der Waals surface area contributed by atoms with Gasteiger partial charge in [-0.05, 0) is 39.0 Å². The van der Waals surface area contributed by atoms with Gasteiger partial charge in [0.25, 0.3) is 0 Å². The molecule has 2 heterocycles. The average molecular weight is 339 g/mol. The fourth-order valence-electron chi connectivity index (χ4n) is 2.53. The summed E-state index contributed by atoms with van der Waals surface area (Å²) < 4.78 is 4.91. The van der Waals surface area contributed by atoms with E-state index in [1.807, 2.05) is 4.90 Å². The van der Waals surface area contributed by atoms with Crippen LogP contribution in [0.2, 0.25) is 0 Å². The SMILES string of the molecule is Cc1cc(NC(=O)[C@@H](C)SCC(=O)N2CCC[C@@H](C)CC2)no1. The molecule has 0 radical (unpaired) electrons. The first kappa shape index (κ1) is 17.8. The van der Waals surface area contributed by atoms with Gasteiger partial charge in [-0.3, -0.25) is 9.59 Å². The maximum absolute atomic E-state index is 12.3. The fourth-order valence-corrected chi connectivity index (χ4v) is 3.31. The summed E-state index contributed by atoms with van der Waals surface area (Å²) in [6, 6.07) is 1.67. The van der Waals surface area contributed by atoms with Gasteiger partial charge in [0.15, 0.2) is 5.82 Å². The van der Waals surface area contributed by atoms with Crippen molar-refractivity contribution in [3.8, 4) is 0 Å². The zero-order chi connectivity index (χ0) is 16.8. The van der Waals surface area contributed by atoms with Crippen LogP contribution < -0.4 is 5.32 Å². The van der Waals surface area contributed by atoms with Crippen LogP contribution >= 0.6 is 11.8 Å². The van der Waals surface area contributed by atoms with Gasteiger partial charge >= 0.3 is 0 Å². The lowest BCUT2D eigenvalue weighted by Gasteiger charge is -2.21. The Labute approximate surface area is 141 Å². The molecule has 1 aliphatic heterocycles. The number of hydrogen-bond acceptors (Lipinski definition) is 5. The van der Waals surface area contributed by atoms with Crippen molar-refractivity contribution in [2.45, 2.75) is 45.3 Å². The van der Waals surface area contributed by atoms with Gasteiger partial charge in [-0.1, -0.05) is 12.1 Å². The predicted octanol–water partition coefficient (Wildman–Crippen LogP) is 2.69. The van der Waals surface area contributed by atoms with Crippen LogP contribution in [0.3, 0.4) is 0 Å². The second-order valence-corrected chi connectivity index (χ2v) is 7.51. The summed E-state index contributed by atoms with van der Waals surface area (Å²) in [5.41, 5.74) is 0.